The number of nitrogens with zero attached hydrogens (tertiary/aromatic N) is 2. The monoisotopic (exact) mass is 180 g/mol. The van der Waals surface area contributed by atoms with Gasteiger partial charge in [-0.15, -0.1) is 0 Å². The van der Waals surface area contributed by atoms with E-state index in [0.717, 1.165) is 19.5 Å². The summed E-state index contributed by atoms with van der Waals surface area (Å²) in [5.74, 6) is 0.445. The van der Waals surface area contributed by atoms with Crippen molar-refractivity contribution < 1.29 is 4.79 Å². The lowest BCUT2D eigenvalue weighted by atomic mass is 9.97. The maximum atomic E-state index is 11.2. The van der Waals surface area contributed by atoms with E-state index in [1.807, 2.05) is 13.8 Å². The minimum atomic E-state index is -0.00412. The third-order valence-corrected chi connectivity index (χ3v) is 2.68. The molecule has 0 aromatic carbocycles. The van der Waals surface area contributed by atoms with Gasteiger partial charge in [0, 0.05) is 25.4 Å². The number of ketones is 1. The number of likely N-dealkylation sites (tertiary alicyclic amines) is 1. The van der Waals surface area contributed by atoms with Crippen LogP contribution in [0.4, 0.5) is 0 Å². The number of piperidine rings is 1. The maximum absolute atomic E-state index is 11.2. The van der Waals surface area contributed by atoms with Crippen molar-refractivity contribution in [1.29, 1.82) is 5.26 Å². The summed E-state index contributed by atoms with van der Waals surface area (Å²) in [6.45, 7) is 5.47. The Labute approximate surface area is 79.3 Å². The van der Waals surface area contributed by atoms with Crippen LogP contribution in [-0.4, -0.2) is 29.8 Å². The maximum Gasteiger partial charge on any atom is 0.138 e. The van der Waals surface area contributed by atoms with Crippen molar-refractivity contribution in [1.82, 2.24) is 4.90 Å². The summed E-state index contributed by atoms with van der Waals surface area (Å²) >= 11 is 0. The Hall–Kier alpha value is -0.880. The Morgan fingerprint density at radius 3 is 2.92 bits per heavy atom. The average molecular weight is 180 g/mol. The third kappa shape index (κ3) is 2.28. The van der Waals surface area contributed by atoms with Crippen molar-refractivity contribution in [3.05, 3.63) is 0 Å². The predicted octanol–water partition coefficient (Wildman–Crippen LogP) is 1.20. The largest absolute Gasteiger partial charge is 0.299 e. The van der Waals surface area contributed by atoms with Crippen molar-refractivity contribution in [2.45, 2.75) is 32.7 Å². The van der Waals surface area contributed by atoms with Crippen LogP contribution in [0.1, 0.15) is 26.7 Å². The van der Waals surface area contributed by atoms with Gasteiger partial charge in [0.05, 0.1) is 12.1 Å². The molecule has 0 spiro atoms. The van der Waals surface area contributed by atoms with Gasteiger partial charge in [-0.1, -0.05) is 13.8 Å². The van der Waals surface area contributed by atoms with Crippen LogP contribution >= 0.6 is 0 Å². The van der Waals surface area contributed by atoms with Crippen molar-refractivity contribution in [2.75, 3.05) is 13.1 Å². The second-order valence-corrected chi connectivity index (χ2v) is 3.67. The smallest absolute Gasteiger partial charge is 0.138 e. The van der Waals surface area contributed by atoms with E-state index in [2.05, 4.69) is 11.0 Å². The fourth-order valence-corrected chi connectivity index (χ4v) is 1.76. The summed E-state index contributed by atoms with van der Waals surface area (Å²) in [6.07, 6.45) is 1.46. The van der Waals surface area contributed by atoms with Crippen LogP contribution in [0.15, 0.2) is 0 Å². The first-order chi connectivity index (χ1) is 6.19. The Morgan fingerprint density at radius 2 is 2.46 bits per heavy atom. The Morgan fingerprint density at radius 1 is 1.77 bits per heavy atom. The van der Waals surface area contributed by atoms with Crippen molar-refractivity contribution >= 4 is 5.78 Å². The van der Waals surface area contributed by atoms with Crippen LogP contribution < -0.4 is 0 Å². The van der Waals surface area contributed by atoms with Crippen molar-refractivity contribution in [3.8, 4) is 6.07 Å². The zero-order valence-corrected chi connectivity index (χ0v) is 8.29. The topological polar surface area (TPSA) is 44.1 Å². The number of Topliss-reactive ketones (excluding diaryl/α,β-unsaturated/α-hetero) is 1. The standard InChI is InChI=1S/C10H16N2O/c1-3-9(6-11)12-5-4-10(13)8(2)7-12/h8-9H,3-5,7H2,1-2H3. The van der Waals surface area contributed by atoms with E-state index in [0.29, 0.717) is 12.2 Å². The van der Waals surface area contributed by atoms with E-state index in [1.54, 1.807) is 0 Å². The number of carbonyl (C=O) groups is 1. The lowest BCUT2D eigenvalue weighted by Gasteiger charge is -2.32. The predicted molar refractivity (Wildman–Crippen MR) is 50.1 cm³/mol. The molecule has 0 radical (unpaired) electrons. The van der Waals surface area contributed by atoms with Crippen LogP contribution in [0, 0.1) is 17.2 Å². The molecule has 0 aromatic heterocycles. The molecule has 0 amide bonds. The number of carbonyl (C=O) groups excluding carboxylic acids is 1. The summed E-state index contributed by atoms with van der Waals surface area (Å²) < 4.78 is 0. The quantitative estimate of drug-likeness (QED) is 0.641. The highest BCUT2D eigenvalue weighted by Crippen LogP contribution is 2.15. The first-order valence-corrected chi connectivity index (χ1v) is 4.85. The van der Waals surface area contributed by atoms with Crippen LogP contribution in [0.2, 0.25) is 0 Å². The number of hydrogen-bond acceptors (Lipinski definition) is 3. The average Bonchev–Trinajstić information content (AvgIpc) is 2.13. The molecule has 0 saturated carbocycles. The van der Waals surface area contributed by atoms with Gasteiger partial charge in [-0.05, 0) is 6.42 Å². The molecule has 72 valence electrons. The number of rotatable bonds is 2. The van der Waals surface area contributed by atoms with Gasteiger partial charge in [0.2, 0.25) is 0 Å². The second-order valence-electron chi connectivity index (χ2n) is 3.67. The Bertz CT molecular complexity index is 232. The van der Waals surface area contributed by atoms with Crippen molar-refractivity contribution in [2.24, 2.45) is 5.92 Å². The van der Waals surface area contributed by atoms with Crippen LogP contribution in [-0.2, 0) is 4.79 Å². The van der Waals surface area contributed by atoms with E-state index < -0.39 is 0 Å². The molecule has 3 nitrogen and oxygen atoms in total. The molecule has 2 unspecified atom stereocenters. The fourth-order valence-electron chi connectivity index (χ4n) is 1.76. The summed E-state index contributed by atoms with van der Waals surface area (Å²) in [7, 11) is 0. The summed E-state index contributed by atoms with van der Waals surface area (Å²) in [4.78, 5) is 13.3. The molecule has 0 aliphatic carbocycles. The molecule has 1 rings (SSSR count). The molecule has 1 fully saturated rings. The highest BCUT2D eigenvalue weighted by molar-refractivity contribution is 5.81. The van der Waals surface area contributed by atoms with Crippen LogP contribution in [0.25, 0.3) is 0 Å². The van der Waals surface area contributed by atoms with Gasteiger partial charge in [-0.2, -0.15) is 5.26 Å². The molecule has 0 N–H and O–H groups in total. The lowest BCUT2D eigenvalue weighted by Crippen LogP contribution is -2.44. The minimum Gasteiger partial charge on any atom is -0.299 e. The first-order valence-electron chi connectivity index (χ1n) is 4.85. The SMILES string of the molecule is CCC(C#N)N1CCC(=O)C(C)C1. The van der Waals surface area contributed by atoms with E-state index in [4.69, 9.17) is 5.26 Å². The molecular weight excluding hydrogens is 164 g/mol. The molecule has 13 heavy (non-hydrogen) atoms. The molecule has 1 heterocycles. The van der Waals surface area contributed by atoms with E-state index >= 15 is 0 Å². The van der Waals surface area contributed by atoms with Crippen LogP contribution in [0.5, 0.6) is 0 Å². The van der Waals surface area contributed by atoms with Crippen molar-refractivity contribution in [3.63, 3.8) is 0 Å². The molecule has 0 aromatic rings. The zero-order valence-electron chi connectivity index (χ0n) is 8.29. The highest BCUT2D eigenvalue weighted by atomic mass is 16.1. The van der Waals surface area contributed by atoms with Gasteiger partial charge in [0.25, 0.3) is 0 Å². The second kappa shape index (κ2) is 4.38. The van der Waals surface area contributed by atoms with Gasteiger partial charge in [0.1, 0.15) is 5.78 Å². The lowest BCUT2D eigenvalue weighted by molar-refractivity contribution is -0.125. The Balaban J connectivity index is 2.55. The van der Waals surface area contributed by atoms with Gasteiger partial charge in [-0.3, -0.25) is 9.69 Å². The molecule has 1 aliphatic rings. The summed E-state index contributed by atoms with van der Waals surface area (Å²) in [6, 6.07) is 2.27. The summed E-state index contributed by atoms with van der Waals surface area (Å²) in [5.41, 5.74) is 0. The Kier molecular flexibility index (Phi) is 3.44. The van der Waals surface area contributed by atoms with E-state index in [-0.39, 0.29) is 12.0 Å². The third-order valence-electron chi connectivity index (χ3n) is 2.68. The molecular formula is C10H16N2O. The van der Waals surface area contributed by atoms with E-state index in [1.165, 1.54) is 0 Å². The molecule has 1 saturated heterocycles. The first kappa shape index (κ1) is 10.2. The summed E-state index contributed by atoms with van der Waals surface area (Å²) in [5, 5.41) is 8.85. The molecule has 2 atom stereocenters. The highest BCUT2D eigenvalue weighted by Gasteiger charge is 2.27. The molecule has 0 bridgehead atoms. The van der Waals surface area contributed by atoms with Crippen LogP contribution in [0.3, 0.4) is 0 Å². The zero-order chi connectivity index (χ0) is 9.84. The molecule has 1 aliphatic heterocycles. The minimum absolute atomic E-state index is 0.00412. The van der Waals surface area contributed by atoms with Gasteiger partial charge < -0.3 is 0 Å². The van der Waals surface area contributed by atoms with Gasteiger partial charge in [0.15, 0.2) is 0 Å². The number of nitriles is 1. The fraction of sp³-hybridized carbons (Fsp3) is 0.800. The number of hydrogen-bond donors (Lipinski definition) is 0. The normalized spacial score (nSPS) is 26.8. The molecule has 3 heteroatoms. The van der Waals surface area contributed by atoms with Gasteiger partial charge >= 0.3 is 0 Å². The van der Waals surface area contributed by atoms with E-state index in [9.17, 15) is 4.79 Å². The van der Waals surface area contributed by atoms with Gasteiger partial charge in [-0.25, -0.2) is 0 Å².